The molecular weight excluding hydrogens is 428 g/mol. The molecule has 0 aliphatic heterocycles. The first-order chi connectivity index (χ1) is 14.7. The third kappa shape index (κ3) is 3.72. The predicted octanol–water partition coefficient (Wildman–Crippen LogP) is 2.20. The van der Waals surface area contributed by atoms with E-state index in [1.165, 1.54) is 43.3 Å². The average Bonchev–Trinajstić information content (AvgIpc) is 3.15. The molecular formula is C19H14N4O7S. The second-order valence-electron chi connectivity index (χ2n) is 6.08. The van der Waals surface area contributed by atoms with Crippen molar-refractivity contribution >= 4 is 44.1 Å². The van der Waals surface area contributed by atoms with Crippen molar-refractivity contribution in [2.75, 3.05) is 6.61 Å². The third-order valence-corrected chi connectivity index (χ3v) is 6.03. The van der Waals surface area contributed by atoms with Gasteiger partial charge in [-0.25, -0.2) is 17.2 Å². The Morgan fingerprint density at radius 1 is 1.16 bits per heavy atom. The Hall–Kier alpha value is -4.15. The van der Waals surface area contributed by atoms with Crippen molar-refractivity contribution < 1.29 is 32.5 Å². The Balaban J connectivity index is 2.26. The van der Waals surface area contributed by atoms with Crippen LogP contribution in [-0.2, 0) is 19.6 Å². The number of aromatic nitrogens is 1. The second kappa shape index (κ2) is 8.30. The van der Waals surface area contributed by atoms with E-state index in [-0.39, 0.29) is 23.1 Å². The first kappa shape index (κ1) is 21.6. The number of nitrogens with zero attached hydrogens (tertiary/aromatic N) is 4. The highest BCUT2D eigenvalue weighted by molar-refractivity contribution is 7.90. The number of ether oxygens (including phenoxy) is 1. The molecule has 31 heavy (non-hydrogen) atoms. The summed E-state index contributed by atoms with van der Waals surface area (Å²) in [6, 6.07) is 10.6. The summed E-state index contributed by atoms with van der Waals surface area (Å²) in [7, 11) is -4.51. The summed E-state index contributed by atoms with van der Waals surface area (Å²) in [5.74, 6) is -2.26. The van der Waals surface area contributed by atoms with Crippen LogP contribution in [0.1, 0.15) is 17.3 Å². The molecule has 0 bridgehead atoms. The molecule has 1 heterocycles. The Morgan fingerprint density at radius 3 is 2.45 bits per heavy atom. The Morgan fingerprint density at radius 2 is 1.81 bits per heavy atom. The third-order valence-electron chi connectivity index (χ3n) is 4.31. The minimum atomic E-state index is -4.51. The van der Waals surface area contributed by atoms with E-state index in [0.717, 1.165) is 18.3 Å². The Bertz CT molecular complexity index is 1390. The quantitative estimate of drug-likeness (QED) is 0.0791. The van der Waals surface area contributed by atoms with Gasteiger partial charge in [-0.1, -0.05) is 30.3 Å². The van der Waals surface area contributed by atoms with Crippen LogP contribution < -0.4 is 0 Å². The maximum absolute atomic E-state index is 13.3. The van der Waals surface area contributed by atoms with Gasteiger partial charge in [0.2, 0.25) is 0 Å². The zero-order chi connectivity index (χ0) is 22.8. The number of rotatable bonds is 7. The maximum Gasteiger partial charge on any atom is 0.446 e. The first-order valence-electron chi connectivity index (χ1n) is 8.77. The van der Waals surface area contributed by atoms with E-state index in [4.69, 9.17) is 5.53 Å². The van der Waals surface area contributed by atoms with Gasteiger partial charge < -0.3 is 10.3 Å². The Labute approximate surface area is 175 Å². The van der Waals surface area contributed by atoms with Crippen molar-refractivity contribution in [3.63, 3.8) is 0 Å². The van der Waals surface area contributed by atoms with E-state index >= 15 is 0 Å². The molecule has 11 nitrogen and oxygen atoms in total. The fourth-order valence-electron chi connectivity index (χ4n) is 2.97. The van der Waals surface area contributed by atoms with Gasteiger partial charge in [0, 0.05) is 17.6 Å². The van der Waals surface area contributed by atoms with E-state index < -0.39 is 43.0 Å². The lowest BCUT2D eigenvalue weighted by molar-refractivity contribution is -0.387. The van der Waals surface area contributed by atoms with Gasteiger partial charge in [0.25, 0.3) is 21.5 Å². The molecule has 2 aromatic carbocycles. The van der Waals surface area contributed by atoms with Crippen LogP contribution in [0.25, 0.3) is 16.4 Å². The highest BCUT2D eigenvalue weighted by atomic mass is 32.2. The number of hydrogen-bond donors (Lipinski definition) is 0. The van der Waals surface area contributed by atoms with Crippen molar-refractivity contribution in [1.82, 2.24) is 3.97 Å². The van der Waals surface area contributed by atoms with Gasteiger partial charge >= 0.3 is 11.7 Å². The second-order valence-corrected chi connectivity index (χ2v) is 7.87. The molecule has 0 fully saturated rings. The van der Waals surface area contributed by atoms with Gasteiger partial charge in [0.05, 0.1) is 22.6 Å². The lowest BCUT2D eigenvalue weighted by Gasteiger charge is -2.07. The van der Waals surface area contributed by atoms with Gasteiger partial charge in [-0.3, -0.25) is 14.9 Å². The zero-order valence-electron chi connectivity index (χ0n) is 16.0. The summed E-state index contributed by atoms with van der Waals surface area (Å²) < 4.78 is 31.9. The number of carbonyl (C=O) groups excluding carboxylic acids is 2. The van der Waals surface area contributed by atoms with Crippen LogP contribution in [0.15, 0.2) is 59.6 Å². The predicted molar refractivity (Wildman–Crippen MR) is 107 cm³/mol. The number of benzene rings is 2. The van der Waals surface area contributed by atoms with Crippen molar-refractivity contribution in [3.05, 3.63) is 75.9 Å². The number of esters is 1. The highest BCUT2D eigenvalue weighted by Crippen LogP contribution is 2.30. The number of para-hydroxylation sites is 2. The molecule has 0 atom stereocenters. The molecule has 158 valence electrons. The van der Waals surface area contributed by atoms with Crippen LogP contribution >= 0.6 is 0 Å². The summed E-state index contributed by atoms with van der Waals surface area (Å²) in [5, 5.41) is 11.4. The topological polar surface area (TPSA) is 162 Å². The van der Waals surface area contributed by atoms with Crippen LogP contribution in [0.4, 0.5) is 5.69 Å². The summed E-state index contributed by atoms with van der Waals surface area (Å²) in [6.45, 7) is 1.40. The van der Waals surface area contributed by atoms with Crippen LogP contribution in [0.5, 0.6) is 0 Å². The molecule has 12 heteroatoms. The molecule has 0 N–H and O–H groups in total. The number of hydrogen-bond acceptors (Lipinski definition) is 7. The molecule has 1 aromatic heterocycles. The number of ketones is 1. The average molecular weight is 442 g/mol. The molecule has 0 unspecified atom stereocenters. The molecule has 0 radical (unpaired) electrons. The Kier molecular flexibility index (Phi) is 5.77. The van der Waals surface area contributed by atoms with E-state index in [0.29, 0.717) is 3.97 Å². The van der Waals surface area contributed by atoms with E-state index in [9.17, 15) is 28.1 Å². The van der Waals surface area contributed by atoms with Crippen LogP contribution in [0, 0.1) is 10.1 Å². The summed E-state index contributed by atoms with van der Waals surface area (Å²) in [4.78, 5) is 37.4. The highest BCUT2D eigenvalue weighted by Gasteiger charge is 2.36. The van der Waals surface area contributed by atoms with Crippen molar-refractivity contribution in [3.8, 4) is 0 Å². The smallest absolute Gasteiger partial charge is 0.446 e. The standard InChI is InChI=1S/C19H14N4O7S/c1-2-30-19(25)17(21-20)18(24)13-11-22(14-8-4-3-7-12(13)14)31(28,29)16-10-6-5-9-15(16)23(26)27/h3-11H,2H2,1H3. The minimum Gasteiger partial charge on any atom is -0.457 e. The molecule has 0 saturated heterocycles. The van der Waals surface area contributed by atoms with E-state index in [1.54, 1.807) is 0 Å². The SMILES string of the molecule is CCOC(=O)C(=[N+]=[N-])C(=O)c1cn(S(=O)(=O)c2ccccc2[N+](=O)[O-])c2ccccc12. The molecule has 0 amide bonds. The molecule has 0 aliphatic carbocycles. The van der Waals surface area contributed by atoms with Gasteiger partial charge in [0.15, 0.2) is 4.90 Å². The number of Topliss-reactive ketones (excluding diaryl/α,β-unsaturated/α-hetero) is 1. The van der Waals surface area contributed by atoms with Crippen LogP contribution in [0.3, 0.4) is 0 Å². The lowest BCUT2D eigenvalue weighted by atomic mass is 10.1. The lowest BCUT2D eigenvalue weighted by Crippen LogP contribution is -2.27. The maximum atomic E-state index is 13.3. The molecule has 3 aromatic rings. The number of fused-ring (bicyclic) bond motifs is 1. The van der Waals surface area contributed by atoms with Crippen molar-refractivity contribution in [2.45, 2.75) is 11.8 Å². The molecule has 3 rings (SSSR count). The minimum absolute atomic E-state index is 0.0325. The number of nitro benzene ring substituents is 1. The van der Waals surface area contributed by atoms with Gasteiger partial charge in [-0.15, -0.1) is 0 Å². The van der Waals surface area contributed by atoms with Crippen LogP contribution in [0.2, 0.25) is 0 Å². The number of nitro groups is 1. The summed E-state index contributed by atoms with van der Waals surface area (Å²) >= 11 is 0. The molecule has 0 spiro atoms. The van der Waals surface area contributed by atoms with Crippen molar-refractivity contribution in [2.24, 2.45) is 0 Å². The first-order valence-corrected chi connectivity index (χ1v) is 10.2. The van der Waals surface area contributed by atoms with Gasteiger partial charge in [-0.05, 0) is 19.1 Å². The van der Waals surface area contributed by atoms with Crippen LogP contribution in [-0.4, -0.2) is 46.2 Å². The van der Waals surface area contributed by atoms with Crippen molar-refractivity contribution in [1.29, 1.82) is 0 Å². The molecule has 0 aliphatic rings. The normalized spacial score (nSPS) is 11.0. The number of carbonyl (C=O) groups is 2. The summed E-state index contributed by atoms with van der Waals surface area (Å²) in [6.07, 6.45) is 0.920. The molecule has 0 saturated carbocycles. The van der Waals surface area contributed by atoms with Gasteiger partial charge in [-0.2, -0.15) is 4.79 Å². The van der Waals surface area contributed by atoms with E-state index in [1.807, 2.05) is 0 Å². The summed E-state index contributed by atoms with van der Waals surface area (Å²) in [5.41, 5.74) is 7.32. The van der Waals surface area contributed by atoms with E-state index in [2.05, 4.69) is 9.53 Å². The zero-order valence-corrected chi connectivity index (χ0v) is 16.8. The monoisotopic (exact) mass is 442 g/mol. The largest absolute Gasteiger partial charge is 0.457 e. The fourth-order valence-corrected chi connectivity index (χ4v) is 4.50. The van der Waals surface area contributed by atoms with Gasteiger partial charge in [0.1, 0.15) is 0 Å². The fraction of sp³-hybridized carbons (Fsp3) is 0.105.